The summed E-state index contributed by atoms with van der Waals surface area (Å²) in [6.07, 6.45) is 0.502. The molecule has 1 heterocycles. The molecule has 0 fully saturated rings. The van der Waals surface area contributed by atoms with E-state index in [2.05, 4.69) is 0 Å². The van der Waals surface area contributed by atoms with Crippen LogP contribution in [0.25, 0.3) is 0 Å². The fourth-order valence-corrected chi connectivity index (χ4v) is 3.65. The number of fused-ring (bicyclic) bond motifs is 1. The van der Waals surface area contributed by atoms with Crippen LogP contribution in [0.3, 0.4) is 0 Å². The van der Waals surface area contributed by atoms with Gasteiger partial charge in [-0.25, -0.2) is 9.18 Å². The summed E-state index contributed by atoms with van der Waals surface area (Å²) in [5, 5.41) is 0. The second-order valence-corrected chi connectivity index (χ2v) is 8.38. The van der Waals surface area contributed by atoms with Crippen LogP contribution < -0.4 is 4.90 Å². The minimum Gasteiger partial charge on any atom is -0.466 e. The van der Waals surface area contributed by atoms with E-state index in [1.54, 1.807) is 24.0 Å². The van der Waals surface area contributed by atoms with Crippen LogP contribution in [0.15, 0.2) is 42.5 Å². The number of carbonyl (C=O) groups is 2. The third-order valence-electron chi connectivity index (χ3n) is 4.96. The highest BCUT2D eigenvalue weighted by atomic mass is 19.1. The predicted molar refractivity (Wildman–Crippen MR) is 113 cm³/mol. The van der Waals surface area contributed by atoms with Gasteiger partial charge in [0, 0.05) is 12.5 Å². The van der Waals surface area contributed by atoms with Crippen LogP contribution >= 0.6 is 0 Å². The molecule has 1 aliphatic heterocycles. The highest BCUT2D eigenvalue weighted by Gasteiger charge is 2.30. The lowest BCUT2D eigenvalue weighted by Gasteiger charge is -2.25. The lowest BCUT2D eigenvalue weighted by molar-refractivity contribution is -0.143. The maximum absolute atomic E-state index is 13.4. The third kappa shape index (κ3) is 5.17. The van der Waals surface area contributed by atoms with Crippen molar-refractivity contribution in [2.45, 2.75) is 52.1 Å². The predicted octanol–water partition coefficient (Wildman–Crippen LogP) is 5.21. The van der Waals surface area contributed by atoms with E-state index >= 15 is 0 Å². The SMILES string of the molecule is CCOC(=O)CC(c1ccc(F)cc1)c1ccc2c(c1)CCN2C(=O)OC(C)(C)C. The van der Waals surface area contributed by atoms with Crippen LogP contribution in [0.1, 0.15) is 56.7 Å². The van der Waals surface area contributed by atoms with Crippen molar-refractivity contribution in [2.75, 3.05) is 18.1 Å². The van der Waals surface area contributed by atoms with Gasteiger partial charge < -0.3 is 9.47 Å². The van der Waals surface area contributed by atoms with Gasteiger partial charge in [-0.3, -0.25) is 9.69 Å². The number of ether oxygens (including phenoxy) is 2. The number of benzene rings is 2. The first kappa shape index (κ1) is 21.8. The molecule has 1 aliphatic rings. The van der Waals surface area contributed by atoms with Gasteiger partial charge >= 0.3 is 12.1 Å². The lowest BCUT2D eigenvalue weighted by Crippen LogP contribution is -2.35. The summed E-state index contributed by atoms with van der Waals surface area (Å²) in [6.45, 7) is 8.15. The first-order chi connectivity index (χ1) is 14.2. The monoisotopic (exact) mass is 413 g/mol. The Bertz CT molecular complexity index is 918. The largest absolute Gasteiger partial charge is 0.466 e. The average Bonchev–Trinajstić information content (AvgIpc) is 3.09. The number of nitrogens with zero attached hydrogens (tertiary/aromatic N) is 1. The van der Waals surface area contributed by atoms with E-state index in [1.165, 1.54) is 12.1 Å². The van der Waals surface area contributed by atoms with Crippen molar-refractivity contribution in [2.24, 2.45) is 0 Å². The Kier molecular flexibility index (Phi) is 6.44. The van der Waals surface area contributed by atoms with Gasteiger partial charge in [0.1, 0.15) is 11.4 Å². The van der Waals surface area contributed by atoms with Gasteiger partial charge in [-0.1, -0.05) is 24.3 Å². The Labute approximate surface area is 176 Å². The van der Waals surface area contributed by atoms with Gasteiger partial charge in [-0.15, -0.1) is 0 Å². The molecular weight excluding hydrogens is 385 g/mol. The van der Waals surface area contributed by atoms with E-state index in [1.807, 2.05) is 39.0 Å². The van der Waals surface area contributed by atoms with Gasteiger partial charge in [0.15, 0.2) is 0 Å². The third-order valence-corrected chi connectivity index (χ3v) is 4.96. The van der Waals surface area contributed by atoms with Crippen LogP contribution in [-0.4, -0.2) is 30.8 Å². The Morgan fingerprint density at radius 1 is 1.10 bits per heavy atom. The molecule has 2 aromatic rings. The minimum absolute atomic E-state index is 0.161. The summed E-state index contributed by atoms with van der Waals surface area (Å²) in [6, 6.07) is 12.0. The first-order valence-corrected chi connectivity index (χ1v) is 10.2. The van der Waals surface area contributed by atoms with Crippen molar-refractivity contribution in [3.63, 3.8) is 0 Å². The molecule has 1 atom stereocenters. The summed E-state index contributed by atoms with van der Waals surface area (Å²) >= 11 is 0. The zero-order valence-electron chi connectivity index (χ0n) is 17.9. The molecule has 2 aromatic carbocycles. The average molecular weight is 413 g/mol. The van der Waals surface area contributed by atoms with Crippen molar-refractivity contribution in [1.82, 2.24) is 0 Å². The Morgan fingerprint density at radius 2 is 1.77 bits per heavy atom. The molecule has 3 rings (SSSR count). The zero-order chi connectivity index (χ0) is 21.9. The maximum Gasteiger partial charge on any atom is 0.414 e. The topological polar surface area (TPSA) is 55.8 Å². The Balaban J connectivity index is 1.89. The van der Waals surface area contributed by atoms with Gasteiger partial charge in [0.05, 0.1) is 18.7 Å². The molecule has 0 aromatic heterocycles. The van der Waals surface area contributed by atoms with Crippen LogP contribution in [0.4, 0.5) is 14.9 Å². The molecule has 5 nitrogen and oxygen atoms in total. The number of hydrogen-bond donors (Lipinski definition) is 0. The fourth-order valence-electron chi connectivity index (χ4n) is 3.65. The minimum atomic E-state index is -0.562. The standard InChI is InChI=1S/C24H28FNO4/c1-5-29-22(27)15-20(16-6-9-19(25)10-7-16)17-8-11-21-18(14-17)12-13-26(21)23(28)30-24(2,3)4/h6-11,14,20H,5,12-13,15H2,1-4H3. The van der Waals surface area contributed by atoms with E-state index in [0.717, 1.165) is 22.4 Å². The number of anilines is 1. The van der Waals surface area contributed by atoms with Gasteiger partial charge in [0.25, 0.3) is 0 Å². The summed E-state index contributed by atoms with van der Waals surface area (Å²) < 4.78 is 24.1. The molecule has 0 radical (unpaired) electrons. The number of carbonyl (C=O) groups excluding carboxylic acids is 2. The lowest BCUT2D eigenvalue weighted by atomic mass is 9.87. The summed E-state index contributed by atoms with van der Waals surface area (Å²) in [7, 11) is 0. The summed E-state index contributed by atoms with van der Waals surface area (Å²) in [5.74, 6) is -0.885. The molecular formula is C24H28FNO4. The smallest absolute Gasteiger partial charge is 0.414 e. The molecule has 6 heteroatoms. The number of rotatable bonds is 5. The number of halogens is 1. The maximum atomic E-state index is 13.4. The fraction of sp³-hybridized carbons (Fsp3) is 0.417. The molecule has 0 N–H and O–H groups in total. The second kappa shape index (κ2) is 8.86. The normalized spacial score (nSPS) is 14.2. The quantitative estimate of drug-likeness (QED) is 0.632. The Hall–Kier alpha value is -2.89. The van der Waals surface area contributed by atoms with Gasteiger partial charge in [-0.05, 0) is 69.0 Å². The highest BCUT2D eigenvalue weighted by molar-refractivity contribution is 5.90. The van der Waals surface area contributed by atoms with Crippen LogP contribution in [0.5, 0.6) is 0 Å². The van der Waals surface area contributed by atoms with Crippen molar-refractivity contribution in [3.8, 4) is 0 Å². The van der Waals surface area contributed by atoms with E-state index in [9.17, 15) is 14.0 Å². The van der Waals surface area contributed by atoms with Crippen molar-refractivity contribution in [3.05, 3.63) is 65.0 Å². The second-order valence-electron chi connectivity index (χ2n) is 8.38. The van der Waals surface area contributed by atoms with E-state index in [4.69, 9.17) is 9.47 Å². The van der Waals surface area contributed by atoms with Crippen LogP contribution in [0, 0.1) is 5.82 Å². The van der Waals surface area contributed by atoms with E-state index in [-0.39, 0.29) is 30.2 Å². The zero-order valence-corrected chi connectivity index (χ0v) is 17.9. The first-order valence-electron chi connectivity index (χ1n) is 10.2. The van der Waals surface area contributed by atoms with Crippen molar-refractivity contribution < 1.29 is 23.5 Å². The molecule has 0 bridgehead atoms. The molecule has 30 heavy (non-hydrogen) atoms. The van der Waals surface area contributed by atoms with Crippen LogP contribution in [-0.2, 0) is 20.7 Å². The summed E-state index contributed by atoms with van der Waals surface area (Å²) in [4.78, 5) is 26.4. The van der Waals surface area contributed by atoms with E-state index < -0.39 is 5.60 Å². The summed E-state index contributed by atoms with van der Waals surface area (Å²) in [5.41, 5.74) is 3.05. The number of hydrogen-bond acceptors (Lipinski definition) is 4. The van der Waals surface area contributed by atoms with Crippen molar-refractivity contribution in [1.29, 1.82) is 0 Å². The molecule has 1 unspecified atom stereocenters. The van der Waals surface area contributed by atoms with E-state index in [0.29, 0.717) is 19.6 Å². The molecule has 160 valence electrons. The molecule has 0 spiro atoms. The highest BCUT2D eigenvalue weighted by Crippen LogP contribution is 2.35. The molecule has 0 saturated carbocycles. The Morgan fingerprint density at radius 3 is 2.40 bits per heavy atom. The molecule has 0 saturated heterocycles. The molecule has 1 amide bonds. The van der Waals surface area contributed by atoms with Crippen molar-refractivity contribution >= 4 is 17.7 Å². The van der Waals surface area contributed by atoms with Crippen LogP contribution in [0.2, 0.25) is 0 Å². The van der Waals surface area contributed by atoms with Gasteiger partial charge in [-0.2, -0.15) is 0 Å². The van der Waals surface area contributed by atoms with Gasteiger partial charge in [0.2, 0.25) is 0 Å². The number of esters is 1. The molecule has 0 aliphatic carbocycles. The number of amides is 1.